The lowest BCUT2D eigenvalue weighted by atomic mass is 10.1. The molecule has 2 unspecified atom stereocenters. The van der Waals surface area contributed by atoms with Crippen molar-refractivity contribution < 1.29 is 9.47 Å². The molecule has 3 rings (SSSR count). The van der Waals surface area contributed by atoms with E-state index in [1.54, 1.807) is 25.1 Å². The summed E-state index contributed by atoms with van der Waals surface area (Å²) in [6.45, 7) is 2.79. The Morgan fingerprint density at radius 2 is 2.33 bits per heavy atom. The van der Waals surface area contributed by atoms with Gasteiger partial charge in [-0.15, -0.1) is 11.8 Å². The minimum atomic E-state index is -0.275. The number of aromatic nitrogens is 2. The fourth-order valence-electron chi connectivity index (χ4n) is 2.51. The van der Waals surface area contributed by atoms with Gasteiger partial charge in [0.05, 0.1) is 19.3 Å². The number of benzene rings is 1. The molecular formula is C15H19N3O2S. The molecule has 0 aliphatic carbocycles. The number of thioether (sulfide) groups is 1. The Balaban J connectivity index is 1.87. The lowest BCUT2D eigenvalue weighted by Crippen LogP contribution is -2.37. The largest absolute Gasteiger partial charge is 0.493 e. The summed E-state index contributed by atoms with van der Waals surface area (Å²) in [5.74, 6) is 2.43. The number of nitrogens with zero attached hydrogens (tertiary/aromatic N) is 2. The lowest BCUT2D eigenvalue weighted by molar-refractivity contribution is 0.179. The number of para-hydroxylation sites is 1. The normalized spacial score (nSPS) is 18.7. The van der Waals surface area contributed by atoms with E-state index in [2.05, 4.69) is 11.2 Å². The van der Waals surface area contributed by atoms with Gasteiger partial charge in [0.25, 0.3) is 0 Å². The van der Waals surface area contributed by atoms with E-state index in [4.69, 9.17) is 15.2 Å². The van der Waals surface area contributed by atoms with Crippen molar-refractivity contribution in [3.63, 3.8) is 0 Å². The van der Waals surface area contributed by atoms with Gasteiger partial charge in [-0.05, 0) is 19.1 Å². The number of hydrogen-bond donors (Lipinski definition) is 1. The van der Waals surface area contributed by atoms with Crippen molar-refractivity contribution in [3.8, 4) is 11.5 Å². The average Bonchev–Trinajstić information content (AvgIpc) is 2.96. The number of ether oxygens (including phenoxy) is 2. The third kappa shape index (κ3) is 2.61. The van der Waals surface area contributed by atoms with Crippen LogP contribution in [-0.4, -0.2) is 28.7 Å². The van der Waals surface area contributed by atoms with Gasteiger partial charge in [-0.3, -0.25) is 4.68 Å². The van der Waals surface area contributed by atoms with Crippen LogP contribution in [0.2, 0.25) is 0 Å². The molecule has 0 saturated heterocycles. The van der Waals surface area contributed by atoms with E-state index in [1.165, 1.54) is 0 Å². The Labute approximate surface area is 128 Å². The van der Waals surface area contributed by atoms with Crippen LogP contribution in [0, 0.1) is 0 Å². The van der Waals surface area contributed by atoms with Gasteiger partial charge in [-0.1, -0.05) is 12.1 Å². The first-order chi connectivity index (χ1) is 10.2. The second-order valence-corrected chi connectivity index (χ2v) is 5.92. The van der Waals surface area contributed by atoms with Gasteiger partial charge in [-0.2, -0.15) is 5.10 Å². The molecule has 112 valence electrons. The van der Waals surface area contributed by atoms with Crippen molar-refractivity contribution in [2.24, 2.45) is 5.73 Å². The third-order valence-corrected chi connectivity index (χ3v) is 4.75. The molecule has 2 aromatic rings. The summed E-state index contributed by atoms with van der Waals surface area (Å²) in [5, 5.41) is 4.31. The molecule has 21 heavy (non-hydrogen) atoms. The van der Waals surface area contributed by atoms with Crippen LogP contribution in [0.4, 0.5) is 0 Å². The molecule has 2 atom stereocenters. The van der Waals surface area contributed by atoms with Crippen LogP contribution in [0.5, 0.6) is 11.5 Å². The molecule has 2 N–H and O–H groups in total. The first kappa shape index (κ1) is 14.3. The van der Waals surface area contributed by atoms with Gasteiger partial charge in [0.2, 0.25) is 0 Å². The zero-order chi connectivity index (χ0) is 14.8. The lowest BCUT2D eigenvalue weighted by Gasteiger charge is -2.30. The van der Waals surface area contributed by atoms with Crippen molar-refractivity contribution in [1.29, 1.82) is 0 Å². The Hall–Kier alpha value is -1.66. The highest BCUT2D eigenvalue weighted by Gasteiger charge is 2.31. The van der Waals surface area contributed by atoms with Crippen molar-refractivity contribution >= 4 is 11.8 Å². The molecule has 0 saturated carbocycles. The van der Waals surface area contributed by atoms with Crippen LogP contribution in [0.25, 0.3) is 0 Å². The molecule has 0 bridgehead atoms. The van der Waals surface area contributed by atoms with Gasteiger partial charge in [0, 0.05) is 17.2 Å². The van der Waals surface area contributed by atoms with E-state index in [0.29, 0.717) is 0 Å². The average molecular weight is 305 g/mol. The highest BCUT2D eigenvalue weighted by Crippen LogP contribution is 2.38. The summed E-state index contributed by atoms with van der Waals surface area (Å²) < 4.78 is 13.3. The molecule has 2 heterocycles. The Morgan fingerprint density at radius 1 is 1.52 bits per heavy atom. The molecular weight excluding hydrogens is 286 g/mol. The second kappa shape index (κ2) is 5.99. The molecule has 6 heteroatoms. The maximum Gasteiger partial charge on any atom is 0.161 e. The Kier molecular flexibility index (Phi) is 4.07. The van der Waals surface area contributed by atoms with Gasteiger partial charge in [-0.25, -0.2) is 0 Å². The number of methoxy groups -OCH3 is 1. The maximum atomic E-state index is 6.44. The van der Waals surface area contributed by atoms with Gasteiger partial charge >= 0.3 is 0 Å². The number of rotatable bonds is 4. The quantitative estimate of drug-likeness (QED) is 0.940. The van der Waals surface area contributed by atoms with Gasteiger partial charge in [0.1, 0.15) is 17.5 Å². The van der Waals surface area contributed by atoms with Crippen LogP contribution < -0.4 is 15.2 Å². The molecule has 1 aromatic carbocycles. The maximum absolute atomic E-state index is 6.44. The number of aryl methyl sites for hydroxylation is 1. The Bertz CT molecular complexity index is 608. The van der Waals surface area contributed by atoms with Crippen molar-refractivity contribution in [1.82, 2.24) is 9.78 Å². The van der Waals surface area contributed by atoms with Crippen LogP contribution in [0.1, 0.15) is 18.7 Å². The smallest absolute Gasteiger partial charge is 0.161 e. The van der Waals surface area contributed by atoms with Gasteiger partial charge in [0.15, 0.2) is 5.75 Å². The zero-order valence-electron chi connectivity index (χ0n) is 12.2. The minimum absolute atomic E-state index is 0.0965. The van der Waals surface area contributed by atoms with Crippen LogP contribution >= 0.6 is 11.8 Å². The predicted molar refractivity (Wildman–Crippen MR) is 83.0 cm³/mol. The molecule has 0 amide bonds. The molecule has 5 nitrogen and oxygen atoms in total. The second-order valence-electron chi connectivity index (χ2n) is 4.85. The van der Waals surface area contributed by atoms with Crippen LogP contribution in [0.15, 0.2) is 35.4 Å². The van der Waals surface area contributed by atoms with Crippen molar-refractivity contribution in [2.45, 2.75) is 30.5 Å². The number of hydrogen-bond acceptors (Lipinski definition) is 5. The Morgan fingerprint density at radius 3 is 3.10 bits per heavy atom. The standard InChI is InChI=1S/C15H19N3O2S/c1-3-18-15(11(19-2)8-17-18)14(16)12-9-21-13-7-5-4-6-10(13)20-12/h4-8,12,14H,3,9,16H2,1-2H3. The summed E-state index contributed by atoms with van der Waals surface area (Å²) in [6.07, 6.45) is 1.61. The molecule has 0 radical (unpaired) electrons. The van der Waals surface area contributed by atoms with E-state index in [-0.39, 0.29) is 12.1 Å². The topological polar surface area (TPSA) is 62.3 Å². The van der Waals surface area contributed by atoms with Crippen LogP contribution in [0.3, 0.4) is 0 Å². The first-order valence-corrected chi connectivity index (χ1v) is 7.97. The highest BCUT2D eigenvalue weighted by atomic mass is 32.2. The minimum Gasteiger partial charge on any atom is -0.493 e. The van der Waals surface area contributed by atoms with E-state index < -0.39 is 0 Å². The zero-order valence-corrected chi connectivity index (χ0v) is 13.0. The number of fused-ring (bicyclic) bond motifs is 1. The fourth-order valence-corrected chi connectivity index (χ4v) is 3.56. The molecule has 1 aliphatic heterocycles. The fraction of sp³-hybridized carbons (Fsp3) is 0.400. The first-order valence-electron chi connectivity index (χ1n) is 6.98. The molecule has 1 aliphatic rings. The van der Waals surface area contributed by atoms with Gasteiger partial charge < -0.3 is 15.2 Å². The van der Waals surface area contributed by atoms with E-state index >= 15 is 0 Å². The summed E-state index contributed by atoms with van der Waals surface area (Å²) >= 11 is 1.77. The summed E-state index contributed by atoms with van der Waals surface area (Å²) in [7, 11) is 1.64. The van der Waals surface area contributed by atoms with Crippen molar-refractivity contribution in [2.75, 3.05) is 12.9 Å². The highest BCUT2D eigenvalue weighted by molar-refractivity contribution is 7.99. The SMILES string of the molecule is CCn1ncc(OC)c1C(N)C1CSc2ccccc2O1. The number of nitrogens with two attached hydrogens (primary N) is 1. The summed E-state index contributed by atoms with van der Waals surface area (Å²) in [6, 6.07) is 7.77. The third-order valence-electron chi connectivity index (χ3n) is 3.61. The van der Waals surface area contributed by atoms with E-state index in [1.807, 2.05) is 29.8 Å². The van der Waals surface area contributed by atoms with E-state index in [9.17, 15) is 0 Å². The van der Waals surface area contributed by atoms with Crippen LogP contribution in [-0.2, 0) is 6.54 Å². The van der Waals surface area contributed by atoms with Crippen molar-refractivity contribution in [3.05, 3.63) is 36.2 Å². The summed E-state index contributed by atoms with van der Waals surface area (Å²) in [4.78, 5) is 1.16. The van der Waals surface area contributed by atoms with E-state index in [0.717, 1.165) is 34.4 Å². The molecule has 1 aromatic heterocycles. The molecule has 0 fully saturated rings. The monoisotopic (exact) mass is 305 g/mol. The summed E-state index contributed by atoms with van der Waals surface area (Å²) in [5.41, 5.74) is 7.34. The predicted octanol–water partition coefficient (Wildman–Crippen LogP) is 2.46. The molecule has 0 spiro atoms.